The van der Waals surface area contributed by atoms with Gasteiger partial charge in [-0.15, -0.1) is 0 Å². The van der Waals surface area contributed by atoms with Crippen molar-refractivity contribution in [2.75, 3.05) is 23.0 Å². The minimum Gasteiger partial charge on any atom is -0.357 e. The maximum atomic E-state index is 14.9. The summed E-state index contributed by atoms with van der Waals surface area (Å²) in [5.74, 6) is 0.257. The van der Waals surface area contributed by atoms with Crippen molar-refractivity contribution >= 4 is 34.5 Å². The number of carbonyl (C=O) groups excluding carboxylic acids is 1. The first-order valence-corrected chi connectivity index (χ1v) is 11.9. The second-order valence-electron chi connectivity index (χ2n) is 9.84. The number of nitrogens with one attached hydrogen (secondary N) is 3. The van der Waals surface area contributed by atoms with E-state index in [2.05, 4.69) is 31.0 Å². The van der Waals surface area contributed by atoms with Crippen LogP contribution < -0.4 is 21.5 Å². The molecule has 0 aliphatic heterocycles. The number of carbonyl (C=O) groups is 1. The van der Waals surface area contributed by atoms with Gasteiger partial charge in [0.25, 0.3) is 5.56 Å². The van der Waals surface area contributed by atoms with Crippen molar-refractivity contribution in [2.24, 2.45) is 7.05 Å². The normalized spacial score (nSPS) is 11.6. The van der Waals surface area contributed by atoms with Crippen LogP contribution in [0.15, 0.2) is 35.3 Å². The third-order valence-corrected chi connectivity index (χ3v) is 6.11. The van der Waals surface area contributed by atoms with Crippen LogP contribution in [0, 0.1) is 12.7 Å². The molecule has 0 saturated carbocycles. The smallest absolute Gasteiger partial charge is 0.324 e. The summed E-state index contributed by atoms with van der Waals surface area (Å²) in [7, 11) is 3.42. The van der Waals surface area contributed by atoms with E-state index in [9.17, 15) is 14.0 Å². The molecule has 0 spiro atoms. The van der Waals surface area contributed by atoms with E-state index in [1.54, 1.807) is 48.6 Å². The predicted octanol–water partition coefficient (Wildman–Crippen LogP) is 4.64. The Kier molecular flexibility index (Phi) is 6.72. The van der Waals surface area contributed by atoms with Gasteiger partial charge < -0.3 is 10.6 Å². The molecule has 3 aromatic heterocycles. The van der Waals surface area contributed by atoms with E-state index < -0.39 is 11.8 Å². The summed E-state index contributed by atoms with van der Waals surface area (Å²) in [5, 5.41) is 13.3. The summed E-state index contributed by atoms with van der Waals surface area (Å²) in [6.07, 6.45) is 1.63. The van der Waals surface area contributed by atoms with Crippen molar-refractivity contribution in [3.8, 4) is 11.1 Å². The fraction of sp³-hybridized carbons (Fsp3) is 0.346. The third kappa shape index (κ3) is 5.02. The van der Waals surface area contributed by atoms with Gasteiger partial charge in [0.1, 0.15) is 17.3 Å². The van der Waals surface area contributed by atoms with Gasteiger partial charge in [0.05, 0.1) is 11.4 Å². The molecule has 37 heavy (non-hydrogen) atoms. The maximum Gasteiger partial charge on any atom is 0.324 e. The van der Waals surface area contributed by atoms with Crippen molar-refractivity contribution < 1.29 is 9.18 Å². The van der Waals surface area contributed by atoms with Gasteiger partial charge in [-0.3, -0.25) is 19.4 Å². The summed E-state index contributed by atoms with van der Waals surface area (Å²) >= 11 is 0. The first-order chi connectivity index (χ1) is 17.4. The molecule has 2 amide bonds. The SMILES string of the molecule is CCn1c(=O)c(-c2cc(NC(=O)Nc3cc(C(C)(C)C)nn3C)c(F)cc2C)cc2cnc(NC)nc21. The summed E-state index contributed by atoms with van der Waals surface area (Å²) in [6.45, 7) is 10.0. The topological polar surface area (TPSA) is 119 Å². The van der Waals surface area contributed by atoms with Crippen LogP contribution in [-0.4, -0.2) is 37.4 Å². The van der Waals surface area contributed by atoms with Crippen LogP contribution in [0.25, 0.3) is 22.2 Å². The van der Waals surface area contributed by atoms with E-state index in [1.165, 1.54) is 12.1 Å². The van der Waals surface area contributed by atoms with Crippen molar-refractivity contribution in [2.45, 2.75) is 46.6 Å². The Balaban J connectivity index is 1.71. The lowest BCUT2D eigenvalue weighted by atomic mass is 9.92. The lowest BCUT2D eigenvalue weighted by Crippen LogP contribution is -2.23. The number of rotatable bonds is 5. The Labute approximate surface area is 213 Å². The Morgan fingerprint density at radius 1 is 1.11 bits per heavy atom. The largest absolute Gasteiger partial charge is 0.357 e. The highest BCUT2D eigenvalue weighted by Crippen LogP contribution is 2.29. The lowest BCUT2D eigenvalue weighted by Gasteiger charge is -2.15. The molecule has 1 aromatic carbocycles. The van der Waals surface area contributed by atoms with Gasteiger partial charge in [-0.1, -0.05) is 20.8 Å². The molecule has 0 bridgehead atoms. The monoisotopic (exact) mass is 506 g/mol. The van der Waals surface area contributed by atoms with Gasteiger partial charge >= 0.3 is 6.03 Å². The number of urea groups is 1. The highest BCUT2D eigenvalue weighted by molar-refractivity contribution is 6.00. The Morgan fingerprint density at radius 3 is 2.46 bits per heavy atom. The van der Waals surface area contributed by atoms with Crippen LogP contribution in [0.1, 0.15) is 39.0 Å². The molecule has 3 heterocycles. The molecule has 0 aliphatic rings. The van der Waals surface area contributed by atoms with Crippen LogP contribution in [0.2, 0.25) is 0 Å². The molecule has 3 N–H and O–H groups in total. The second kappa shape index (κ2) is 9.64. The highest BCUT2D eigenvalue weighted by atomic mass is 19.1. The van der Waals surface area contributed by atoms with E-state index in [-0.39, 0.29) is 16.7 Å². The molecule has 0 radical (unpaired) electrons. The molecule has 194 valence electrons. The van der Waals surface area contributed by atoms with Gasteiger partial charge in [-0.25, -0.2) is 14.2 Å². The van der Waals surface area contributed by atoms with Crippen molar-refractivity contribution in [3.63, 3.8) is 0 Å². The van der Waals surface area contributed by atoms with Gasteiger partial charge in [-0.2, -0.15) is 10.1 Å². The van der Waals surface area contributed by atoms with Gasteiger partial charge in [0.2, 0.25) is 5.95 Å². The van der Waals surface area contributed by atoms with E-state index in [0.717, 1.165) is 5.69 Å². The number of anilines is 3. The molecule has 4 aromatic rings. The average Bonchev–Trinajstić information content (AvgIpc) is 3.21. The van der Waals surface area contributed by atoms with Gasteiger partial charge in [0.15, 0.2) is 0 Å². The van der Waals surface area contributed by atoms with Crippen LogP contribution >= 0.6 is 0 Å². The Hall–Kier alpha value is -4.28. The molecule has 0 atom stereocenters. The van der Waals surface area contributed by atoms with E-state index in [1.807, 2.05) is 27.7 Å². The predicted molar refractivity (Wildman–Crippen MR) is 144 cm³/mol. The number of amides is 2. The molecule has 0 unspecified atom stereocenters. The van der Waals surface area contributed by atoms with Crippen LogP contribution in [0.5, 0.6) is 0 Å². The van der Waals surface area contributed by atoms with E-state index in [0.29, 0.717) is 46.0 Å². The van der Waals surface area contributed by atoms with Crippen molar-refractivity contribution in [3.05, 3.63) is 57.9 Å². The molecule has 10 nitrogen and oxygen atoms in total. The summed E-state index contributed by atoms with van der Waals surface area (Å²) in [5.41, 5.74) is 2.19. The standard InChI is InChI=1S/C26H31FN8O2/c1-8-35-22-15(13-29-24(28-6)32-22)10-17(23(35)36)16-11-19(18(27)9-14(16)2)30-25(37)31-21-12-20(26(3,4)5)33-34(21)7/h9-13H,8H2,1-7H3,(H,28,29,32)(H2,30,31,37). The number of benzene rings is 1. The van der Waals surface area contributed by atoms with E-state index >= 15 is 0 Å². The highest BCUT2D eigenvalue weighted by Gasteiger charge is 2.21. The zero-order valence-electron chi connectivity index (χ0n) is 22.0. The molecule has 11 heteroatoms. The van der Waals surface area contributed by atoms with Gasteiger partial charge in [0, 0.05) is 49.3 Å². The Bertz CT molecular complexity index is 1570. The molecular weight excluding hydrogens is 475 g/mol. The average molecular weight is 507 g/mol. The summed E-state index contributed by atoms with van der Waals surface area (Å²) < 4.78 is 18.0. The third-order valence-electron chi connectivity index (χ3n) is 6.11. The molecule has 4 rings (SSSR count). The number of halogens is 1. The fourth-order valence-corrected chi connectivity index (χ4v) is 4.05. The number of aromatic nitrogens is 5. The van der Waals surface area contributed by atoms with Crippen LogP contribution in [0.3, 0.4) is 0 Å². The minimum atomic E-state index is -0.630. The fourth-order valence-electron chi connectivity index (χ4n) is 4.05. The number of aryl methyl sites for hydroxylation is 3. The summed E-state index contributed by atoms with van der Waals surface area (Å²) in [6, 6.07) is 5.61. The number of hydrogen-bond donors (Lipinski definition) is 3. The number of pyridine rings is 1. The van der Waals surface area contributed by atoms with Crippen molar-refractivity contribution in [1.29, 1.82) is 0 Å². The lowest BCUT2D eigenvalue weighted by molar-refractivity contribution is 0.262. The first kappa shape index (κ1) is 25.8. The molecule has 0 fully saturated rings. The van der Waals surface area contributed by atoms with Crippen LogP contribution in [0.4, 0.5) is 26.6 Å². The number of hydrogen-bond acceptors (Lipinski definition) is 6. The molecule has 0 aliphatic carbocycles. The summed E-state index contributed by atoms with van der Waals surface area (Å²) in [4.78, 5) is 34.9. The zero-order valence-corrected chi connectivity index (χ0v) is 22.0. The minimum absolute atomic E-state index is 0.0550. The maximum absolute atomic E-state index is 14.9. The van der Waals surface area contributed by atoms with Crippen LogP contribution in [-0.2, 0) is 19.0 Å². The van der Waals surface area contributed by atoms with Crippen molar-refractivity contribution in [1.82, 2.24) is 24.3 Å². The Morgan fingerprint density at radius 2 is 1.84 bits per heavy atom. The quantitative estimate of drug-likeness (QED) is 0.363. The second-order valence-corrected chi connectivity index (χ2v) is 9.84. The molecule has 0 saturated heterocycles. The molecular formula is C26H31FN8O2. The zero-order chi connectivity index (χ0) is 27.1. The van der Waals surface area contributed by atoms with Gasteiger partial charge in [-0.05, 0) is 43.2 Å². The number of nitrogens with zero attached hydrogens (tertiary/aromatic N) is 5. The van der Waals surface area contributed by atoms with E-state index in [4.69, 9.17) is 0 Å². The number of fused-ring (bicyclic) bond motifs is 1. The first-order valence-electron chi connectivity index (χ1n) is 11.9.